The number of carboxylic acids is 2. The Balaban J connectivity index is 3.16. The Hall–Kier alpha value is -2.35. The van der Waals surface area contributed by atoms with Crippen LogP contribution in [0, 0.1) is 18.3 Å². The minimum atomic E-state index is -1.07. The van der Waals surface area contributed by atoms with Crippen molar-refractivity contribution in [2.45, 2.75) is 38.0 Å². The third-order valence-electron chi connectivity index (χ3n) is 3.41. The fourth-order valence-corrected chi connectivity index (χ4v) is 2.32. The first-order valence-electron chi connectivity index (χ1n) is 6.32. The fourth-order valence-electron chi connectivity index (χ4n) is 2.32. The maximum absolute atomic E-state index is 10.8. The molecule has 20 heavy (non-hydrogen) atoms. The Morgan fingerprint density at radius 2 is 1.65 bits per heavy atom. The van der Waals surface area contributed by atoms with Gasteiger partial charge in [-0.2, -0.15) is 5.26 Å². The molecule has 5 heteroatoms. The van der Waals surface area contributed by atoms with Crippen LogP contribution in [0.15, 0.2) is 24.3 Å². The van der Waals surface area contributed by atoms with Crippen LogP contribution in [-0.2, 0) is 15.0 Å². The average molecular weight is 275 g/mol. The molecule has 0 amide bonds. The van der Waals surface area contributed by atoms with Gasteiger partial charge in [0.1, 0.15) is 0 Å². The molecule has 1 aromatic carbocycles. The summed E-state index contributed by atoms with van der Waals surface area (Å²) in [6.07, 6.45) is -0.114. The largest absolute Gasteiger partial charge is 0.481 e. The summed E-state index contributed by atoms with van der Waals surface area (Å²) >= 11 is 0. The van der Waals surface area contributed by atoms with E-state index in [-0.39, 0.29) is 25.7 Å². The number of hydrogen-bond acceptors (Lipinski definition) is 3. The van der Waals surface area contributed by atoms with Crippen LogP contribution in [0.1, 0.15) is 36.8 Å². The van der Waals surface area contributed by atoms with E-state index in [0.717, 1.165) is 5.56 Å². The van der Waals surface area contributed by atoms with E-state index < -0.39 is 17.4 Å². The van der Waals surface area contributed by atoms with Gasteiger partial charge in [-0.15, -0.1) is 0 Å². The molecule has 0 spiro atoms. The van der Waals surface area contributed by atoms with Gasteiger partial charge in [0.05, 0.1) is 11.5 Å². The summed E-state index contributed by atoms with van der Waals surface area (Å²) in [7, 11) is 0. The first kappa shape index (κ1) is 15.7. The topological polar surface area (TPSA) is 98.4 Å². The molecule has 0 aliphatic heterocycles. The van der Waals surface area contributed by atoms with Gasteiger partial charge >= 0.3 is 11.9 Å². The van der Waals surface area contributed by atoms with Crippen molar-refractivity contribution in [1.29, 1.82) is 5.26 Å². The molecule has 0 saturated heterocycles. The normalized spacial score (nSPS) is 10.8. The van der Waals surface area contributed by atoms with Crippen molar-refractivity contribution in [2.75, 3.05) is 0 Å². The standard InChI is InChI=1S/C15H17NO4/c1-11-4-2-3-5-12(11)15(10-16,8-6-13(17)18)9-7-14(19)20/h2-5H,6-9H2,1H3,(H,17,18)(H,19,20). The summed E-state index contributed by atoms with van der Waals surface area (Å²) in [4.78, 5) is 21.6. The SMILES string of the molecule is Cc1ccccc1C(C#N)(CCC(=O)O)CCC(=O)O. The lowest BCUT2D eigenvalue weighted by molar-refractivity contribution is -0.137. The predicted octanol–water partition coefficient (Wildman–Crippen LogP) is 2.49. The van der Waals surface area contributed by atoms with Crippen LogP contribution in [0.4, 0.5) is 0 Å². The van der Waals surface area contributed by atoms with Gasteiger partial charge in [0.2, 0.25) is 0 Å². The molecule has 2 N–H and O–H groups in total. The third-order valence-corrected chi connectivity index (χ3v) is 3.41. The second-order valence-electron chi connectivity index (χ2n) is 4.80. The van der Waals surface area contributed by atoms with E-state index in [0.29, 0.717) is 5.56 Å². The molecular formula is C15H17NO4. The number of aliphatic carboxylic acids is 2. The Morgan fingerprint density at radius 1 is 1.15 bits per heavy atom. The first-order chi connectivity index (χ1) is 9.41. The number of hydrogen-bond donors (Lipinski definition) is 2. The number of carbonyl (C=O) groups is 2. The van der Waals surface area contributed by atoms with Crippen molar-refractivity contribution in [2.24, 2.45) is 0 Å². The zero-order valence-corrected chi connectivity index (χ0v) is 11.3. The summed E-state index contributed by atoms with van der Waals surface area (Å²) in [6.45, 7) is 1.84. The van der Waals surface area contributed by atoms with Gasteiger partial charge in [0, 0.05) is 12.8 Å². The Labute approximate surface area is 117 Å². The molecule has 0 aliphatic rings. The number of carboxylic acid groups (broad SMARTS) is 2. The fraction of sp³-hybridized carbons (Fsp3) is 0.400. The number of rotatable bonds is 7. The van der Waals surface area contributed by atoms with E-state index in [1.54, 1.807) is 12.1 Å². The minimum absolute atomic E-state index is 0.108. The minimum Gasteiger partial charge on any atom is -0.481 e. The van der Waals surface area contributed by atoms with E-state index in [9.17, 15) is 14.9 Å². The Morgan fingerprint density at radius 3 is 2.05 bits per heavy atom. The lowest BCUT2D eigenvalue weighted by Crippen LogP contribution is -2.27. The second-order valence-corrected chi connectivity index (χ2v) is 4.80. The quantitative estimate of drug-likeness (QED) is 0.796. The van der Waals surface area contributed by atoms with Crippen LogP contribution in [0.2, 0.25) is 0 Å². The lowest BCUT2D eigenvalue weighted by atomic mass is 9.73. The molecule has 106 valence electrons. The highest BCUT2D eigenvalue weighted by molar-refractivity contribution is 5.68. The highest BCUT2D eigenvalue weighted by Crippen LogP contribution is 2.35. The molecule has 0 aromatic heterocycles. The zero-order chi connectivity index (χ0) is 15.2. The van der Waals surface area contributed by atoms with Crippen molar-refractivity contribution in [3.8, 4) is 6.07 Å². The van der Waals surface area contributed by atoms with Crippen LogP contribution in [-0.4, -0.2) is 22.2 Å². The van der Waals surface area contributed by atoms with Gasteiger partial charge < -0.3 is 10.2 Å². The van der Waals surface area contributed by atoms with Crippen molar-refractivity contribution in [3.05, 3.63) is 35.4 Å². The highest BCUT2D eigenvalue weighted by atomic mass is 16.4. The lowest BCUT2D eigenvalue weighted by Gasteiger charge is -2.27. The number of nitriles is 1. The summed E-state index contributed by atoms with van der Waals surface area (Å²) in [6, 6.07) is 9.36. The second kappa shape index (κ2) is 6.71. The van der Waals surface area contributed by atoms with E-state index in [2.05, 4.69) is 6.07 Å². The number of benzene rings is 1. The predicted molar refractivity (Wildman–Crippen MR) is 72.2 cm³/mol. The van der Waals surface area contributed by atoms with Gasteiger partial charge in [0.15, 0.2) is 0 Å². The molecule has 1 aromatic rings. The van der Waals surface area contributed by atoms with Crippen LogP contribution in [0.25, 0.3) is 0 Å². The molecule has 1 rings (SSSR count). The van der Waals surface area contributed by atoms with Gasteiger partial charge in [0.25, 0.3) is 0 Å². The van der Waals surface area contributed by atoms with E-state index >= 15 is 0 Å². The molecule has 5 nitrogen and oxygen atoms in total. The van der Waals surface area contributed by atoms with Crippen molar-refractivity contribution in [3.63, 3.8) is 0 Å². The third kappa shape index (κ3) is 3.82. The summed E-state index contributed by atoms with van der Waals surface area (Å²) < 4.78 is 0. The maximum Gasteiger partial charge on any atom is 0.303 e. The van der Waals surface area contributed by atoms with E-state index in [1.807, 2.05) is 19.1 Å². The molecule has 0 saturated carbocycles. The van der Waals surface area contributed by atoms with Crippen LogP contribution < -0.4 is 0 Å². The monoisotopic (exact) mass is 275 g/mol. The van der Waals surface area contributed by atoms with Gasteiger partial charge in [-0.1, -0.05) is 24.3 Å². The summed E-state index contributed by atoms with van der Waals surface area (Å²) in [5.74, 6) is -1.98. The molecule has 0 radical (unpaired) electrons. The molecule has 0 atom stereocenters. The first-order valence-corrected chi connectivity index (χ1v) is 6.32. The van der Waals surface area contributed by atoms with E-state index in [4.69, 9.17) is 10.2 Å². The van der Waals surface area contributed by atoms with E-state index in [1.165, 1.54) is 0 Å². The smallest absolute Gasteiger partial charge is 0.303 e. The van der Waals surface area contributed by atoms with Crippen LogP contribution in [0.3, 0.4) is 0 Å². The van der Waals surface area contributed by atoms with Crippen molar-refractivity contribution < 1.29 is 19.8 Å². The Bertz CT molecular complexity index is 527. The van der Waals surface area contributed by atoms with Gasteiger partial charge in [-0.05, 0) is 30.9 Å². The number of aryl methyl sites for hydroxylation is 1. The zero-order valence-electron chi connectivity index (χ0n) is 11.3. The summed E-state index contributed by atoms with van der Waals surface area (Å²) in [5, 5.41) is 27.2. The molecule has 0 heterocycles. The van der Waals surface area contributed by atoms with Crippen LogP contribution in [0.5, 0.6) is 0 Å². The Kier molecular flexibility index (Phi) is 5.27. The van der Waals surface area contributed by atoms with Crippen molar-refractivity contribution >= 4 is 11.9 Å². The highest BCUT2D eigenvalue weighted by Gasteiger charge is 2.34. The average Bonchev–Trinajstić information content (AvgIpc) is 2.40. The maximum atomic E-state index is 10.8. The molecule has 0 unspecified atom stereocenters. The van der Waals surface area contributed by atoms with Crippen LogP contribution >= 0.6 is 0 Å². The summed E-state index contributed by atoms with van der Waals surface area (Å²) in [5.41, 5.74) is 0.511. The molecular weight excluding hydrogens is 258 g/mol. The molecule has 0 aliphatic carbocycles. The van der Waals surface area contributed by atoms with Gasteiger partial charge in [-0.3, -0.25) is 9.59 Å². The number of nitrogens with zero attached hydrogens (tertiary/aromatic N) is 1. The van der Waals surface area contributed by atoms with Gasteiger partial charge in [-0.25, -0.2) is 0 Å². The molecule has 0 fully saturated rings. The van der Waals surface area contributed by atoms with Crippen molar-refractivity contribution in [1.82, 2.24) is 0 Å². The molecule has 0 bridgehead atoms.